The first-order chi connectivity index (χ1) is 12.2. The van der Waals surface area contributed by atoms with Gasteiger partial charge in [0.1, 0.15) is 12.4 Å². The minimum atomic E-state index is 0.318. The normalized spacial score (nSPS) is 10.9. The van der Waals surface area contributed by atoms with Crippen LogP contribution in [0.15, 0.2) is 77.0 Å². The van der Waals surface area contributed by atoms with Gasteiger partial charge in [-0.2, -0.15) is 9.78 Å². The second-order valence-electron chi connectivity index (χ2n) is 5.20. The molecule has 25 heavy (non-hydrogen) atoms. The lowest BCUT2D eigenvalue weighted by Gasteiger charge is -2.07. The van der Waals surface area contributed by atoms with Crippen LogP contribution in [0.1, 0.15) is 5.56 Å². The molecule has 1 aromatic heterocycles. The van der Waals surface area contributed by atoms with E-state index in [0.29, 0.717) is 12.6 Å². The maximum Gasteiger partial charge on any atom is 0.221 e. The molecule has 0 spiro atoms. The molecule has 6 heteroatoms. The molecule has 0 fully saturated rings. The molecule has 0 aliphatic rings. The molecule has 0 unspecified atom stereocenters. The quantitative estimate of drug-likeness (QED) is 0.497. The lowest BCUT2D eigenvalue weighted by Crippen LogP contribution is -2.01. The lowest BCUT2D eigenvalue weighted by atomic mass is 10.2. The zero-order chi connectivity index (χ0) is 17.6. The molecule has 0 bridgehead atoms. The van der Waals surface area contributed by atoms with Gasteiger partial charge in [0.2, 0.25) is 5.95 Å². The molecule has 3 rings (SSSR count). The Morgan fingerprint density at radius 3 is 2.72 bits per heavy atom. The first-order valence-electron chi connectivity index (χ1n) is 7.65. The predicted octanol–water partition coefficient (Wildman–Crippen LogP) is 4.34. The fourth-order valence-corrected chi connectivity index (χ4v) is 2.55. The van der Waals surface area contributed by atoms with E-state index < -0.39 is 0 Å². The van der Waals surface area contributed by atoms with Crippen molar-refractivity contribution < 1.29 is 4.74 Å². The van der Waals surface area contributed by atoms with Gasteiger partial charge in [0.25, 0.3) is 0 Å². The lowest BCUT2D eigenvalue weighted by molar-refractivity contribution is 0.362. The van der Waals surface area contributed by atoms with Gasteiger partial charge < -0.3 is 10.5 Å². The second-order valence-corrected chi connectivity index (χ2v) is 6.12. The third kappa shape index (κ3) is 3.97. The van der Waals surface area contributed by atoms with Crippen molar-refractivity contribution in [2.45, 2.75) is 0 Å². The average Bonchev–Trinajstić information content (AvgIpc) is 3.00. The van der Waals surface area contributed by atoms with Gasteiger partial charge in [-0.15, -0.1) is 0 Å². The third-order valence-corrected chi connectivity index (χ3v) is 4.02. The molecule has 2 aromatic carbocycles. The minimum absolute atomic E-state index is 0.318. The van der Waals surface area contributed by atoms with Crippen molar-refractivity contribution >= 4 is 28.1 Å². The Morgan fingerprint density at radius 1 is 1.20 bits per heavy atom. The summed E-state index contributed by atoms with van der Waals surface area (Å²) >= 11 is 3.43. The summed E-state index contributed by atoms with van der Waals surface area (Å²) in [7, 11) is 0. The van der Waals surface area contributed by atoms with Gasteiger partial charge in [-0.3, -0.25) is 0 Å². The van der Waals surface area contributed by atoms with Crippen LogP contribution in [0, 0.1) is 0 Å². The van der Waals surface area contributed by atoms with E-state index in [4.69, 9.17) is 10.5 Å². The third-order valence-electron chi connectivity index (χ3n) is 3.49. The molecule has 126 valence electrons. The number of anilines is 1. The maximum atomic E-state index is 5.98. The predicted molar refractivity (Wildman–Crippen MR) is 105 cm³/mol. The highest BCUT2D eigenvalue weighted by molar-refractivity contribution is 9.10. The smallest absolute Gasteiger partial charge is 0.221 e. The number of nitrogens with zero attached hydrogens (tertiary/aromatic N) is 3. The molecule has 0 radical (unpaired) electrons. The fraction of sp³-hybridized carbons (Fsp3) is 0.0526. The number of hydrogen-bond acceptors (Lipinski definition) is 4. The number of benzene rings is 2. The zero-order valence-electron chi connectivity index (χ0n) is 13.5. The molecular formula is C19H17BrN4O. The summed E-state index contributed by atoms with van der Waals surface area (Å²) < 4.78 is 8.26. The minimum Gasteiger partial charge on any atom is -0.489 e. The second kappa shape index (κ2) is 7.81. The SMILES string of the molecule is C=CCOc1ccccc1C=Nn1c(-c2ccc(Br)cc2)cnc1N. The number of imidazole rings is 1. The Bertz CT molecular complexity index is 900. The first kappa shape index (κ1) is 17.0. The number of halogens is 1. The highest BCUT2D eigenvalue weighted by Gasteiger charge is 2.09. The maximum absolute atomic E-state index is 5.98. The molecule has 0 saturated carbocycles. The molecule has 0 saturated heterocycles. The van der Waals surface area contributed by atoms with E-state index >= 15 is 0 Å². The Kier molecular flexibility index (Phi) is 5.30. The van der Waals surface area contributed by atoms with Crippen molar-refractivity contribution in [1.29, 1.82) is 0 Å². The van der Waals surface area contributed by atoms with Crippen LogP contribution in [-0.4, -0.2) is 22.5 Å². The van der Waals surface area contributed by atoms with Gasteiger partial charge in [-0.1, -0.05) is 52.9 Å². The first-order valence-corrected chi connectivity index (χ1v) is 8.44. The van der Waals surface area contributed by atoms with Crippen LogP contribution in [0.25, 0.3) is 11.3 Å². The summed E-state index contributed by atoms with van der Waals surface area (Å²) in [5.41, 5.74) is 8.61. The van der Waals surface area contributed by atoms with E-state index in [1.54, 1.807) is 23.2 Å². The van der Waals surface area contributed by atoms with Crippen LogP contribution in [0.4, 0.5) is 5.95 Å². The van der Waals surface area contributed by atoms with Gasteiger partial charge in [-0.25, -0.2) is 4.98 Å². The number of para-hydroxylation sites is 1. The number of nitrogen functional groups attached to an aromatic ring is 1. The van der Waals surface area contributed by atoms with Crippen LogP contribution in [0.3, 0.4) is 0 Å². The molecule has 3 aromatic rings. The van der Waals surface area contributed by atoms with Crippen molar-refractivity contribution in [3.63, 3.8) is 0 Å². The van der Waals surface area contributed by atoms with E-state index in [1.165, 1.54) is 0 Å². The Balaban J connectivity index is 1.94. The van der Waals surface area contributed by atoms with Crippen molar-refractivity contribution in [2.24, 2.45) is 5.10 Å². The molecule has 0 aliphatic heterocycles. The number of aromatic nitrogens is 2. The number of ether oxygens (including phenoxy) is 1. The van der Waals surface area contributed by atoms with Crippen molar-refractivity contribution in [2.75, 3.05) is 12.3 Å². The molecule has 5 nitrogen and oxygen atoms in total. The summed E-state index contributed by atoms with van der Waals surface area (Å²) in [5, 5.41) is 4.49. The zero-order valence-corrected chi connectivity index (χ0v) is 15.1. The van der Waals surface area contributed by atoms with Crippen LogP contribution in [-0.2, 0) is 0 Å². The summed E-state index contributed by atoms with van der Waals surface area (Å²) in [6, 6.07) is 15.5. The largest absolute Gasteiger partial charge is 0.489 e. The van der Waals surface area contributed by atoms with Gasteiger partial charge in [-0.05, 0) is 24.3 Å². The molecule has 0 aliphatic carbocycles. The highest BCUT2D eigenvalue weighted by atomic mass is 79.9. The highest BCUT2D eigenvalue weighted by Crippen LogP contribution is 2.24. The van der Waals surface area contributed by atoms with Gasteiger partial charge in [0.05, 0.1) is 18.1 Å². The summed E-state index contributed by atoms with van der Waals surface area (Å²) in [4.78, 5) is 4.17. The Morgan fingerprint density at radius 2 is 1.96 bits per heavy atom. The van der Waals surface area contributed by atoms with E-state index in [2.05, 4.69) is 32.6 Å². The topological polar surface area (TPSA) is 65.4 Å². The van der Waals surface area contributed by atoms with E-state index in [-0.39, 0.29) is 0 Å². The summed E-state index contributed by atoms with van der Waals surface area (Å²) in [6.45, 7) is 4.10. The van der Waals surface area contributed by atoms with Crippen LogP contribution < -0.4 is 10.5 Å². The molecular weight excluding hydrogens is 380 g/mol. The average molecular weight is 397 g/mol. The summed E-state index contributed by atoms with van der Waals surface area (Å²) in [5.74, 6) is 1.05. The molecule has 0 amide bonds. The fourth-order valence-electron chi connectivity index (χ4n) is 2.29. The Hall–Kier alpha value is -2.86. The van der Waals surface area contributed by atoms with E-state index in [9.17, 15) is 0 Å². The Labute approximate surface area is 154 Å². The van der Waals surface area contributed by atoms with Gasteiger partial charge >= 0.3 is 0 Å². The van der Waals surface area contributed by atoms with E-state index in [0.717, 1.165) is 27.0 Å². The number of nitrogens with two attached hydrogens (primary N) is 1. The van der Waals surface area contributed by atoms with Crippen molar-refractivity contribution in [3.8, 4) is 17.0 Å². The van der Waals surface area contributed by atoms with Crippen LogP contribution in [0.5, 0.6) is 5.75 Å². The standard InChI is InChI=1S/C19H17BrN4O/c1-2-11-25-18-6-4-3-5-15(18)12-23-24-17(13-22-19(24)21)14-7-9-16(20)10-8-14/h2-10,12-13H,1,11H2,(H2,21,22). The van der Waals surface area contributed by atoms with Gasteiger partial charge in [0, 0.05) is 15.6 Å². The summed E-state index contributed by atoms with van der Waals surface area (Å²) in [6.07, 6.45) is 5.11. The van der Waals surface area contributed by atoms with Crippen LogP contribution >= 0.6 is 15.9 Å². The van der Waals surface area contributed by atoms with E-state index in [1.807, 2.05) is 48.5 Å². The molecule has 2 N–H and O–H groups in total. The number of hydrogen-bond donors (Lipinski definition) is 1. The molecule has 0 atom stereocenters. The monoisotopic (exact) mass is 396 g/mol. The number of rotatable bonds is 6. The molecule has 1 heterocycles. The van der Waals surface area contributed by atoms with Gasteiger partial charge in [0.15, 0.2) is 0 Å². The van der Waals surface area contributed by atoms with Crippen LogP contribution in [0.2, 0.25) is 0 Å². The van der Waals surface area contributed by atoms with Crippen molar-refractivity contribution in [3.05, 3.63) is 77.4 Å². The van der Waals surface area contributed by atoms with Crippen molar-refractivity contribution in [1.82, 2.24) is 9.66 Å².